The summed E-state index contributed by atoms with van der Waals surface area (Å²) in [6.07, 6.45) is 53.0. The number of carbonyl (C=O) groups is 1. The molecule has 0 aliphatic heterocycles. The van der Waals surface area contributed by atoms with Crippen molar-refractivity contribution in [2.75, 3.05) is 6.61 Å². The molecule has 348 valence electrons. The molecular formula is C52H105NO5. The Hall–Kier alpha value is -0.690. The van der Waals surface area contributed by atoms with Crippen molar-refractivity contribution in [3.8, 4) is 0 Å². The van der Waals surface area contributed by atoms with E-state index in [1.165, 1.54) is 231 Å². The van der Waals surface area contributed by atoms with Crippen LogP contribution in [0.2, 0.25) is 0 Å². The van der Waals surface area contributed by atoms with Crippen LogP contribution in [0.15, 0.2) is 0 Å². The first-order valence-corrected chi connectivity index (χ1v) is 26.4. The van der Waals surface area contributed by atoms with Crippen molar-refractivity contribution in [1.29, 1.82) is 0 Å². The second-order valence-electron chi connectivity index (χ2n) is 18.6. The van der Waals surface area contributed by atoms with Gasteiger partial charge in [0.1, 0.15) is 12.2 Å². The molecule has 0 heterocycles. The van der Waals surface area contributed by atoms with Crippen LogP contribution in [0.25, 0.3) is 0 Å². The zero-order valence-electron chi connectivity index (χ0n) is 39.3. The number of amides is 1. The van der Waals surface area contributed by atoms with Gasteiger partial charge in [-0.1, -0.05) is 284 Å². The van der Waals surface area contributed by atoms with Gasteiger partial charge in [-0.2, -0.15) is 0 Å². The molecule has 58 heavy (non-hydrogen) atoms. The largest absolute Gasteiger partial charge is 0.394 e. The maximum Gasteiger partial charge on any atom is 0.249 e. The van der Waals surface area contributed by atoms with Crippen LogP contribution in [0.5, 0.6) is 0 Å². The molecule has 6 nitrogen and oxygen atoms in total. The summed E-state index contributed by atoms with van der Waals surface area (Å²) < 4.78 is 0. The van der Waals surface area contributed by atoms with E-state index in [2.05, 4.69) is 19.2 Å². The van der Waals surface area contributed by atoms with E-state index in [-0.39, 0.29) is 0 Å². The summed E-state index contributed by atoms with van der Waals surface area (Å²) in [6.45, 7) is 4.08. The number of nitrogens with one attached hydrogen (secondary N) is 1. The van der Waals surface area contributed by atoms with Crippen LogP contribution in [-0.4, -0.2) is 57.3 Å². The Balaban J connectivity index is 3.58. The zero-order valence-corrected chi connectivity index (χ0v) is 39.3. The number of hydrogen-bond donors (Lipinski definition) is 5. The van der Waals surface area contributed by atoms with Crippen molar-refractivity contribution in [3.05, 3.63) is 0 Å². The topological polar surface area (TPSA) is 110 Å². The zero-order chi connectivity index (χ0) is 42.4. The average molecular weight is 824 g/mol. The minimum absolute atomic E-state index is 0.375. The molecule has 0 aromatic rings. The number of aliphatic hydroxyl groups is 4. The monoisotopic (exact) mass is 824 g/mol. The van der Waals surface area contributed by atoms with Crippen LogP contribution in [0.1, 0.15) is 296 Å². The molecule has 0 aromatic carbocycles. The molecule has 1 amide bonds. The van der Waals surface area contributed by atoms with Gasteiger partial charge in [0.05, 0.1) is 18.8 Å². The molecule has 0 aromatic heterocycles. The van der Waals surface area contributed by atoms with Crippen LogP contribution in [-0.2, 0) is 4.79 Å². The van der Waals surface area contributed by atoms with Gasteiger partial charge in [0, 0.05) is 0 Å². The Morgan fingerprint density at radius 1 is 0.362 bits per heavy atom. The molecule has 4 unspecified atom stereocenters. The third-order valence-electron chi connectivity index (χ3n) is 12.8. The van der Waals surface area contributed by atoms with Crippen LogP contribution >= 0.6 is 0 Å². The Morgan fingerprint density at radius 2 is 0.586 bits per heavy atom. The third-order valence-corrected chi connectivity index (χ3v) is 12.8. The fourth-order valence-corrected chi connectivity index (χ4v) is 8.64. The van der Waals surface area contributed by atoms with Gasteiger partial charge in [0.2, 0.25) is 5.91 Å². The van der Waals surface area contributed by atoms with Gasteiger partial charge in [-0.05, 0) is 12.8 Å². The summed E-state index contributed by atoms with van der Waals surface area (Å²) in [6, 6.07) is -0.980. The SMILES string of the molecule is CCCCCCCCCCCCCCCCCCCCCCCCCCCCCC(O)C(O)C(CO)NC(=O)C(O)CCCCCCCCCCCCCCCCC. The molecule has 0 bridgehead atoms. The number of hydrogen-bond acceptors (Lipinski definition) is 5. The van der Waals surface area contributed by atoms with Crippen molar-refractivity contribution in [1.82, 2.24) is 5.32 Å². The first-order chi connectivity index (χ1) is 28.5. The van der Waals surface area contributed by atoms with Crippen molar-refractivity contribution in [3.63, 3.8) is 0 Å². The third kappa shape index (κ3) is 40.7. The Bertz CT molecular complexity index is 796. The van der Waals surface area contributed by atoms with E-state index in [1.54, 1.807) is 0 Å². The number of unbranched alkanes of at least 4 members (excludes halogenated alkanes) is 40. The Labute approximate surface area is 362 Å². The quantitative estimate of drug-likeness (QED) is 0.0393. The maximum atomic E-state index is 12.5. The molecule has 0 saturated heterocycles. The van der Waals surface area contributed by atoms with Gasteiger partial charge in [-0.3, -0.25) is 4.79 Å². The number of aliphatic hydroxyl groups excluding tert-OH is 4. The molecule has 0 aliphatic rings. The van der Waals surface area contributed by atoms with Gasteiger partial charge in [-0.25, -0.2) is 0 Å². The van der Waals surface area contributed by atoms with Gasteiger partial charge in [-0.15, -0.1) is 0 Å². The number of carbonyl (C=O) groups excluding carboxylic acids is 1. The molecule has 6 heteroatoms. The fourth-order valence-electron chi connectivity index (χ4n) is 8.64. The summed E-state index contributed by atoms with van der Waals surface area (Å²) >= 11 is 0. The van der Waals surface area contributed by atoms with E-state index in [0.717, 1.165) is 38.5 Å². The minimum atomic E-state index is -1.25. The van der Waals surface area contributed by atoms with E-state index in [1.807, 2.05) is 0 Å². The van der Waals surface area contributed by atoms with E-state index in [9.17, 15) is 25.2 Å². The summed E-state index contributed by atoms with van der Waals surface area (Å²) in [4.78, 5) is 12.5. The van der Waals surface area contributed by atoms with E-state index >= 15 is 0 Å². The van der Waals surface area contributed by atoms with E-state index < -0.39 is 36.9 Å². The predicted molar refractivity (Wildman–Crippen MR) is 252 cm³/mol. The van der Waals surface area contributed by atoms with Crippen molar-refractivity contribution < 1.29 is 25.2 Å². The molecule has 4 atom stereocenters. The van der Waals surface area contributed by atoms with Gasteiger partial charge >= 0.3 is 0 Å². The smallest absolute Gasteiger partial charge is 0.249 e. The van der Waals surface area contributed by atoms with Crippen molar-refractivity contribution in [2.24, 2.45) is 0 Å². The first-order valence-electron chi connectivity index (χ1n) is 26.4. The summed E-state index contributed by atoms with van der Waals surface area (Å²) in [5, 5.41) is 43.9. The summed E-state index contributed by atoms with van der Waals surface area (Å²) in [7, 11) is 0. The van der Waals surface area contributed by atoms with Crippen molar-refractivity contribution >= 4 is 5.91 Å². The molecule has 0 aliphatic carbocycles. The second kappa shape index (κ2) is 47.4. The second-order valence-corrected chi connectivity index (χ2v) is 18.6. The summed E-state index contributed by atoms with van der Waals surface area (Å²) in [5.74, 6) is -0.578. The molecule has 0 spiro atoms. The van der Waals surface area contributed by atoms with Gasteiger partial charge in [0.25, 0.3) is 0 Å². The Kier molecular flexibility index (Phi) is 46.8. The van der Waals surface area contributed by atoms with E-state index in [4.69, 9.17) is 0 Å². The highest BCUT2D eigenvalue weighted by Crippen LogP contribution is 2.18. The predicted octanol–water partition coefficient (Wildman–Crippen LogP) is 14.8. The normalized spacial score (nSPS) is 13.8. The molecule has 0 fully saturated rings. The molecule has 0 rings (SSSR count). The standard InChI is InChI=1S/C52H105NO5/c1-3-5-7-9-11-13-15-17-19-20-21-22-23-24-25-26-27-28-29-30-32-33-35-37-39-41-43-45-49(55)51(57)48(47-54)53-52(58)50(56)46-44-42-40-38-36-34-31-18-16-14-12-10-8-6-4-2/h48-51,54-57H,3-47H2,1-2H3,(H,53,58). The fraction of sp³-hybridized carbons (Fsp3) is 0.981. The van der Waals surface area contributed by atoms with Crippen LogP contribution < -0.4 is 5.32 Å². The van der Waals surface area contributed by atoms with Gasteiger partial charge in [0.15, 0.2) is 0 Å². The lowest BCUT2D eigenvalue weighted by Crippen LogP contribution is -2.53. The molecule has 0 radical (unpaired) electrons. The highest BCUT2D eigenvalue weighted by atomic mass is 16.3. The minimum Gasteiger partial charge on any atom is -0.394 e. The first kappa shape index (κ1) is 57.3. The lowest BCUT2D eigenvalue weighted by Gasteiger charge is -2.27. The molecule has 0 saturated carbocycles. The van der Waals surface area contributed by atoms with Crippen molar-refractivity contribution in [2.45, 2.75) is 321 Å². The molecular weight excluding hydrogens is 719 g/mol. The maximum absolute atomic E-state index is 12.5. The summed E-state index contributed by atoms with van der Waals surface area (Å²) in [5.41, 5.74) is 0. The lowest BCUT2D eigenvalue weighted by molar-refractivity contribution is -0.132. The van der Waals surface area contributed by atoms with E-state index in [0.29, 0.717) is 12.8 Å². The van der Waals surface area contributed by atoms with Crippen LogP contribution in [0, 0.1) is 0 Å². The number of rotatable bonds is 49. The lowest BCUT2D eigenvalue weighted by atomic mass is 9.99. The van der Waals surface area contributed by atoms with Gasteiger partial charge < -0.3 is 25.7 Å². The highest BCUT2D eigenvalue weighted by Gasteiger charge is 2.28. The average Bonchev–Trinajstić information content (AvgIpc) is 3.23. The highest BCUT2D eigenvalue weighted by molar-refractivity contribution is 5.80. The molecule has 5 N–H and O–H groups in total. The van der Waals surface area contributed by atoms with Crippen LogP contribution in [0.3, 0.4) is 0 Å². The Morgan fingerprint density at radius 3 is 0.828 bits per heavy atom. The van der Waals surface area contributed by atoms with Crippen LogP contribution in [0.4, 0.5) is 0 Å².